The molecule has 2 heterocycles. The molecule has 128 valence electrons. The van der Waals surface area contributed by atoms with Gasteiger partial charge in [0, 0.05) is 36.3 Å². The first-order valence-electron chi connectivity index (χ1n) is 8.19. The van der Waals surface area contributed by atoms with Crippen LogP contribution in [-0.4, -0.2) is 29.7 Å². The van der Waals surface area contributed by atoms with Crippen molar-refractivity contribution >= 4 is 23.4 Å². The van der Waals surface area contributed by atoms with Crippen LogP contribution in [0.4, 0.5) is 5.69 Å². The number of amides is 1. The predicted octanol–water partition coefficient (Wildman–Crippen LogP) is 3.48. The van der Waals surface area contributed by atoms with Crippen LogP contribution in [0, 0.1) is 0 Å². The van der Waals surface area contributed by atoms with E-state index < -0.39 is 0 Å². The number of hydrogen-bond acceptors (Lipinski definition) is 4. The Morgan fingerprint density at radius 2 is 1.96 bits per heavy atom. The van der Waals surface area contributed by atoms with E-state index in [4.69, 9.17) is 0 Å². The van der Waals surface area contributed by atoms with Crippen LogP contribution in [0.25, 0.3) is 5.57 Å². The van der Waals surface area contributed by atoms with E-state index in [-0.39, 0.29) is 11.4 Å². The van der Waals surface area contributed by atoms with Crippen LogP contribution in [0.2, 0.25) is 0 Å². The van der Waals surface area contributed by atoms with Crippen LogP contribution in [0.3, 0.4) is 0 Å². The van der Waals surface area contributed by atoms with Gasteiger partial charge in [-0.15, -0.1) is 0 Å². The first-order chi connectivity index (χ1) is 11.9. The largest absolute Gasteiger partial charge is 0.366 e. The molecule has 2 aromatic rings. The number of nitrogens with zero attached hydrogens (tertiary/aromatic N) is 3. The third kappa shape index (κ3) is 3.45. The van der Waals surface area contributed by atoms with Crippen molar-refractivity contribution in [2.75, 3.05) is 11.9 Å². The number of hydrazone groups is 1. The van der Waals surface area contributed by atoms with Gasteiger partial charge in [-0.05, 0) is 56.2 Å². The molecule has 0 radical (unpaired) electrons. The molecule has 0 bridgehead atoms. The molecule has 0 saturated heterocycles. The molecular formula is C20H22N4O. The van der Waals surface area contributed by atoms with Gasteiger partial charge in [0.1, 0.15) is 0 Å². The van der Waals surface area contributed by atoms with Gasteiger partial charge < -0.3 is 4.90 Å². The molecule has 0 aliphatic carbocycles. The fourth-order valence-electron chi connectivity index (χ4n) is 2.99. The molecular weight excluding hydrogens is 312 g/mol. The number of fused-ring (bicyclic) bond motifs is 1. The van der Waals surface area contributed by atoms with Crippen molar-refractivity contribution in [2.45, 2.75) is 26.3 Å². The molecule has 5 nitrogen and oxygen atoms in total. The first-order valence-corrected chi connectivity index (χ1v) is 8.19. The maximum absolute atomic E-state index is 12.0. The lowest BCUT2D eigenvalue weighted by molar-refractivity contribution is 0.0955. The average molecular weight is 334 g/mol. The number of rotatable bonds is 3. The highest BCUT2D eigenvalue weighted by atomic mass is 16.2. The number of benzene rings is 1. The van der Waals surface area contributed by atoms with Gasteiger partial charge in [0.25, 0.3) is 5.91 Å². The van der Waals surface area contributed by atoms with E-state index in [0.29, 0.717) is 5.56 Å². The molecule has 0 fully saturated rings. The minimum atomic E-state index is -0.255. The number of nitrogens with one attached hydrogen (secondary N) is 1. The number of allylic oxidation sites excluding steroid dienone is 1. The van der Waals surface area contributed by atoms with Gasteiger partial charge in [-0.3, -0.25) is 9.78 Å². The van der Waals surface area contributed by atoms with Gasteiger partial charge >= 0.3 is 0 Å². The van der Waals surface area contributed by atoms with Gasteiger partial charge in [0.2, 0.25) is 0 Å². The third-order valence-electron chi connectivity index (χ3n) is 4.56. The molecule has 0 spiro atoms. The Balaban J connectivity index is 1.77. The first kappa shape index (κ1) is 16.9. The van der Waals surface area contributed by atoms with Crippen LogP contribution in [0.5, 0.6) is 0 Å². The van der Waals surface area contributed by atoms with E-state index in [9.17, 15) is 4.79 Å². The number of anilines is 1. The standard InChI is InChI=1S/C20H22N4O/c1-14-12-20(2,3)24(4)18-6-5-15(11-17(14)18)13-22-23-19(25)16-7-9-21-10-8-16/h5-13H,1-4H3,(H,23,25)/b22-13-. The summed E-state index contributed by atoms with van der Waals surface area (Å²) in [6.07, 6.45) is 7.08. The number of pyridine rings is 1. The van der Waals surface area contributed by atoms with Crippen LogP contribution < -0.4 is 10.3 Å². The zero-order valence-corrected chi connectivity index (χ0v) is 14.9. The summed E-state index contributed by atoms with van der Waals surface area (Å²) in [4.78, 5) is 18.1. The van der Waals surface area contributed by atoms with Crippen molar-refractivity contribution < 1.29 is 4.79 Å². The molecule has 1 aromatic heterocycles. The zero-order chi connectivity index (χ0) is 18.0. The van der Waals surface area contributed by atoms with Crippen molar-refractivity contribution in [1.82, 2.24) is 10.4 Å². The van der Waals surface area contributed by atoms with E-state index in [1.807, 2.05) is 6.07 Å². The van der Waals surface area contributed by atoms with E-state index in [1.165, 1.54) is 16.8 Å². The maximum atomic E-state index is 12.0. The lowest BCUT2D eigenvalue weighted by Gasteiger charge is -2.40. The predicted molar refractivity (Wildman–Crippen MR) is 102 cm³/mol. The number of carbonyl (C=O) groups excluding carboxylic acids is 1. The number of hydrogen-bond donors (Lipinski definition) is 1. The molecule has 0 atom stereocenters. The second-order valence-electron chi connectivity index (χ2n) is 6.75. The molecule has 0 saturated carbocycles. The summed E-state index contributed by atoms with van der Waals surface area (Å²) in [7, 11) is 2.10. The van der Waals surface area contributed by atoms with Crippen molar-refractivity contribution in [2.24, 2.45) is 5.10 Å². The van der Waals surface area contributed by atoms with E-state index in [2.05, 4.69) is 66.4 Å². The molecule has 1 N–H and O–H groups in total. The Labute approximate surface area is 148 Å². The van der Waals surface area contributed by atoms with Crippen molar-refractivity contribution in [3.63, 3.8) is 0 Å². The molecule has 25 heavy (non-hydrogen) atoms. The normalized spacial score (nSPS) is 15.7. The van der Waals surface area contributed by atoms with Crippen molar-refractivity contribution in [3.8, 4) is 0 Å². The van der Waals surface area contributed by atoms with Gasteiger partial charge in [0.05, 0.1) is 11.8 Å². The fourth-order valence-corrected chi connectivity index (χ4v) is 2.99. The van der Waals surface area contributed by atoms with E-state index >= 15 is 0 Å². The monoisotopic (exact) mass is 334 g/mol. The van der Waals surface area contributed by atoms with Gasteiger partial charge in [-0.2, -0.15) is 5.10 Å². The molecule has 1 aromatic carbocycles. The second-order valence-corrected chi connectivity index (χ2v) is 6.75. The third-order valence-corrected chi connectivity index (χ3v) is 4.56. The molecule has 1 amide bonds. The Bertz CT molecular complexity index is 853. The summed E-state index contributed by atoms with van der Waals surface area (Å²) in [6.45, 7) is 6.52. The highest BCUT2D eigenvalue weighted by molar-refractivity contribution is 5.95. The average Bonchev–Trinajstić information content (AvgIpc) is 2.60. The fraction of sp³-hybridized carbons (Fsp3) is 0.250. The minimum Gasteiger partial charge on any atom is -0.366 e. The number of carbonyl (C=O) groups is 1. The highest BCUT2D eigenvalue weighted by Crippen LogP contribution is 2.37. The highest BCUT2D eigenvalue weighted by Gasteiger charge is 2.28. The van der Waals surface area contributed by atoms with Crippen LogP contribution in [0.15, 0.2) is 53.9 Å². The van der Waals surface area contributed by atoms with Gasteiger partial charge in [-0.25, -0.2) is 5.43 Å². The Morgan fingerprint density at radius 1 is 1.24 bits per heavy atom. The Hall–Kier alpha value is -2.95. The summed E-state index contributed by atoms with van der Waals surface area (Å²) < 4.78 is 0. The summed E-state index contributed by atoms with van der Waals surface area (Å²) >= 11 is 0. The molecule has 1 aliphatic heterocycles. The van der Waals surface area contributed by atoms with E-state index in [1.54, 1.807) is 30.7 Å². The number of aromatic nitrogens is 1. The second kappa shape index (κ2) is 6.51. The lowest BCUT2D eigenvalue weighted by Crippen LogP contribution is -2.42. The molecule has 3 rings (SSSR count). The van der Waals surface area contributed by atoms with Crippen LogP contribution >= 0.6 is 0 Å². The van der Waals surface area contributed by atoms with Crippen molar-refractivity contribution in [1.29, 1.82) is 0 Å². The van der Waals surface area contributed by atoms with E-state index in [0.717, 1.165) is 5.56 Å². The van der Waals surface area contributed by atoms with Gasteiger partial charge in [0.15, 0.2) is 0 Å². The summed E-state index contributed by atoms with van der Waals surface area (Å²) in [5, 5.41) is 4.06. The molecule has 5 heteroatoms. The number of likely N-dealkylation sites (N-methyl/N-ethyl adjacent to an activating group) is 1. The van der Waals surface area contributed by atoms with Crippen molar-refractivity contribution in [3.05, 3.63) is 65.5 Å². The topological polar surface area (TPSA) is 57.6 Å². The summed E-state index contributed by atoms with van der Waals surface area (Å²) in [6, 6.07) is 9.49. The zero-order valence-electron chi connectivity index (χ0n) is 14.9. The summed E-state index contributed by atoms with van der Waals surface area (Å²) in [5.74, 6) is -0.255. The smallest absolute Gasteiger partial charge is 0.271 e. The quantitative estimate of drug-likeness (QED) is 0.690. The Kier molecular flexibility index (Phi) is 4.40. The summed E-state index contributed by atoms with van der Waals surface area (Å²) in [5.41, 5.74) is 7.63. The van der Waals surface area contributed by atoms with Gasteiger partial charge in [-0.1, -0.05) is 12.1 Å². The maximum Gasteiger partial charge on any atom is 0.271 e. The SMILES string of the molecule is CC1=CC(C)(C)N(C)c2ccc(/C=N\NC(=O)c3ccncc3)cc21. The minimum absolute atomic E-state index is 0.00873. The molecule has 0 unspecified atom stereocenters. The van der Waals surface area contributed by atoms with Crippen LogP contribution in [-0.2, 0) is 0 Å². The lowest BCUT2D eigenvalue weighted by atomic mass is 9.89. The molecule has 1 aliphatic rings. The van der Waals surface area contributed by atoms with Crippen LogP contribution in [0.1, 0.15) is 42.3 Å². The Morgan fingerprint density at radius 3 is 2.68 bits per heavy atom.